The second-order valence-electron chi connectivity index (χ2n) is 8.34. The van der Waals surface area contributed by atoms with Crippen LogP contribution < -0.4 is 27.0 Å². The molecule has 37 heavy (non-hydrogen) atoms. The van der Waals surface area contributed by atoms with E-state index in [1.165, 1.54) is 0 Å². The standard InChI is InChI=1S/C27H28N8O.ClH/c1-35(2)22-10-11-24-23(17-22)25(13-14-30-24)32-20-8-6-19(7-9-20)26(36)33-21-5-3-4-18(16-21)12-15-31-34-27(28)29;/h3-11,13-17H,12H2,1-2H3,(H,30,32)(H,33,36)(H4,28,29,34);1H/b31-15+;. The van der Waals surface area contributed by atoms with Gasteiger partial charge in [0.05, 0.1) is 5.52 Å². The zero-order valence-electron chi connectivity index (χ0n) is 20.6. The second-order valence-corrected chi connectivity index (χ2v) is 8.34. The van der Waals surface area contributed by atoms with E-state index < -0.39 is 0 Å². The number of aromatic nitrogens is 1. The molecular formula is C27H29ClN8O. The van der Waals surface area contributed by atoms with Crippen molar-refractivity contribution < 1.29 is 4.79 Å². The molecule has 0 spiro atoms. The molecule has 4 rings (SSSR count). The Balaban J connectivity index is 0.00000380. The van der Waals surface area contributed by atoms with Crippen LogP contribution in [0.1, 0.15) is 15.9 Å². The number of carbonyl (C=O) groups is 1. The summed E-state index contributed by atoms with van der Waals surface area (Å²) >= 11 is 0. The lowest BCUT2D eigenvalue weighted by Crippen LogP contribution is -2.21. The predicted molar refractivity (Wildman–Crippen MR) is 155 cm³/mol. The van der Waals surface area contributed by atoms with E-state index in [4.69, 9.17) is 11.5 Å². The van der Waals surface area contributed by atoms with Crippen molar-refractivity contribution >= 4 is 64.1 Å². The number of hydrogen-bond donors (Lipinski definition) is 4. The molecule has 6 N–H and O–H groups in total. The van der Waals surface area contributed by atoms with Crippen LogP contribution in [0.25, 0.3) is 10.9 Å². The molecule has 190 valence electrons. The summed E-state index contributed by atoms with van der Waals surface area (Å²) in [6.45, 7) is 0. The molecule has 1 heterocycles. The summed E-state index contributed by atoms with van der Waals surface area (Å²) in [5.41, 5.74) is 16.5. The molecule has 0 radical (unpaired) electrons. The number of fused-ring (bicyclic) bond motifs is 1. The molecule has 0 unspecified atom stereocenters. The van der Waals surface area contributed by atoms with Gasteiger partial charge >= 0.3 is 0 Å². The smallest absolute Gasteiger partial charge is 0.255 e. The van der Waals surface area contributed by atoms with Crippen LogP contribution in [0.3, 0.4) is 0 Å². The number of nitrogens with two attached hydrogens (primary N) is 2. The highest BCUT2D eigenvalue weighted by molar-refractivity contribution is 6.04. The summed E-state index contributed by atoms with van der Waals surface area (Å²) in [7, 11) is 4.02. The molecule has 0 fully saturated rings. The monoisotopic (exact) mass is 516 g/mol. The molecule has 3 aromatic carbocycles. The zero-order valence-corrected chi connectivity index (χ0v) is 21.4. The summed E-state index contributed by atoms with van der Waals surface area (Å²) < 4.78 is 0. The fraction of sp³-hybridized carbons (Fsp3) is 0.111. The lowest BCUT2D eigenvalue weighted by molar-refractivity contribution is 0.102. The van der Waals surface area contributed by atoms with E-state index in [-0.39, 0.29) is 24.3 Å². The lowest BCUT2D eigenvalue weighted by atomic mass is 10.1. The van der Waals surface area contributed by atoms with E-state index in [0.717, 1.165) is 33.5 Å². The van der Waals surface area contributed by atoms with Gasteiger partial charge in [-0.25, -0.2) is 0 Å². The average Bonchev–Trinajstić information content (AvgIpc) is 2.87. The zero-order chi connectivity index (χ0) is 25.5. The van der Waals surface area contributed by atoms with Crippen LogP contribution in [-0.4, -0.2) is 37.2 Å². The summed E-state index contributed by atoms with van der Waals surface area (Å²) in [5, 5.41) is 14.8. The van der Waals surface area contributed by atoms with Gasteiger partial charge in [0.2, 0.25) is 5.96 Å². The number of guanidine groups is 1. The topological polar surface area (TPSA) is 134 Å². The van der Waals surface area contributed by atoms with Gasteiger partial charge in [-0.2, -0.15) is 5.10 Å². The Kier molecular flexibility index (Phi) is 9.01. The van der Waals surface area contributed by atoms with Gasteiger partial charge in [-0.1, -0.05) is 12.1 Å². The maximum Gasteiger partial charge on any atom is 0.255 e. The molecule has 9 nitrogen and oxygen atoms in total. The third-order valence-electron chi connectivity index (χ3n) is 5.43. The Labute approximate surface area is 221 Å². The van der Waals surface area contributed by atoms with Gasteiger partial charge in [-0.05, 0) is 66.2 Å². The van der Waals surface area contributed by atoms with Gasteiger partial charge in [0.25, 0.3) is 5.91 Å². The van der Waals surface area contributed by atoms with Crippen molar-refractivity contribution in [3.63, 3.8) is 0 Å². The Morgan fingerprint density at radius 3 is 2.51 bits per heavy atom. The first kappa shape index (κ1) is 27.0. The summed E-state index contributed by atoms with van der Waals surface area (Å²) in [5.74, 6) is -0.293. The number of nitrogens with zero attached hydrogens (tertiary/aromatic N) is 4. The maximum absolute atomic E-state index is 12.8. The number of amides is 1. The number of nitrogens with one attached hydrogen (secondary N) is 2. The molecule has 0 atom stereocenters. The largest absolute Gasteiger partial charge is 0.378 e. The van der Waals surface area contributed by atoms with Gasteiger partial charge in [0.1, 0.15) is 0 Å². The van der Waals surface area contributed by atoms with Gasteiger partial charge in [0, 0.05) is 66.6 Å². The van der Waals surface area contributed by atoms with Crippen LogP contribution in [0.4, 0.5) is 22.7 Å². The third kappa shape index (κ3) is 7.18. The van der Waals surface area contributed by atoms with Crippen molar-refractivity contribution in [1.82, 2.24) is 4.98 Å². The van der Waals surface area contributed by atoms with Crippen molar-refractivity contribution in [3.05, 3.63) is 90.1 Å². The third-order valence-corrected chi connectivity index (χ3v) is 5.43. The molecule has 4 aromatic rings. The van der Waals surface area contributed by atoms with Crippen LogP contribution in [0.15, 0.2) is 89.2 Å². The normalized spacial score (nSPS) is 10.5. The van der Waals surface area contributed by atoms with E-state index >= 15 is 0 Å². The van der Waals surface area contributed by atoms with Crippen LogP contribution >= 0.6 is 12.4 Å². The molecular weight excluding hydrogens is 488 g/mol. The number of anilines is 4. The van der Waals surface area contributed by atoms with Crippen molar-refractivity contribution in [2.75, 3.05) is 29.6 Å². The van der Waals surface area contributed by atoms with Crippen LogP contribution in [0.2, 0.25) is 0 Å². The van der Waals surface area contributed by atoms with Gasteiger partial charge in [0.15, 0.2) is 0 Å². The first-order valence-corrected chi connectivity index (χ1v) is 11.3. The van der Waals surface area contributed by atoms with Crippen molar-refractivity contribution in [1.29, 1.82) is 0 Å². The van der Waals surface area contributed by atoms with Crippen molar-refractivity contribution in [2.45, 2.75) is 6.42 Å². The Morgan fingerprint density at radius 2 is 1.78 bits per heavy atom. The maximum atomic E-state index is 12.8. The minimum Gasteiger partial charge on any atom is -0.378 e. The fourth-order valence-electron chi connectivity index (χ4n) is 3.61. The van der Waals surface area contributed by atoms with Crippen molar-refractivity contribution in [2.24, 2.45) is 21.7 Å². The van der Waals surface area contributed by atoms with E-state index in [1.807, 2.05) is 68.7 Å². The number of benzene rings is 3. The fourth-order valence-corrected chi connectivity index (χ4v) is 3.61. The first-order chi connectivity index (χ1) is 17.4. The molecule has 0 aliphatic rings. The summed E-state index contributed by atoms with van der Waals surface area (Å²) in [6.07, 6.45) is 3.91. The number of rotatable bonds is 8. The Bertz CT molecular complexity index is 1430. The molecule has 0 aliphatic carbocycles. The van der Waals surface area contributed by atoms with E-state index in [2.05, 4.69) is 36.8 Å². The highest BCUT2D eigenvalue weighted by Gasteiger charge is 2.08. The van der Waals surface area contributed by atoms with E-state index in [0.29, 0.717) is 17.7 Å². The Hall–Kier alpha value is -4.63. The van der Waals surface area contributed by atoms with Gasteiger partial charge in [-0.3, -0.25) is 9.78 Å². The van der Waals surface area contributed by atoms with Gasteiger partial charge < -0.3 is 27.0 Å². The quantitative estimate of drug-likeness (QED) is 0.154. The van der Waals surface area contributed by atoms with Gasteiger partial charge in [-0.15, -0.1) is 17.5 Å². The van der Waals surface area contributed by atoms with Crippen LogP contribution in [-0.2, 0) is 6.42 Å². The predicted octanol–water partition coefficient (Wildman–Crippen LogP) is 4.52. The number of carbonyl (C=O) groups excluding carboxylic acids is 1. The highest BCUT2D eigenvalue weighted by Crippen LogP contribution is 2.28. The second kappa shape index (κ2) is 12.4. The lowest BCUT2D eigenvalue weighted by Gasteiger charge is -2.15. The molecule has 0 bridgehead atoms. The summed E-state index contributed by atoms with van der Waals surface area (Å²) in [6, 6.07) is 23.0. The van der Waals surface area contributed by atoms with E-state index in [1.54, 1.807) is 24.5 Å². The molecule has 1 aromatic heterocycles. The number of hydrogen-bond acceptors (Lipinski definition) is 6. The Morgan fingerprint density at radius 1 is 1.00 bits per heavy atom. The molecule has 0 saturated heterocycles. The average molecular weight is 517 g/mol. The van der Waals surface area contributed by atoms with Crippen LogP contribution in [0.5, 0.6) is 0 Å². The van der Waals surface area contributed by atoms with Crippen molar-refractivity contribution in [3.8, 4) is 0 Å². The summed E-state index contributed by atoms with van der Waals surface area (Å²) in [4.78, 5) is 19.3. The molecule has 0 aliphatic heterocycles. The van der Waals surface area contributed by atoms with Crippen LogP contribution in [0, 0.1) is 0 Å². The first-order valence-electron chi connectivity index (χ1n) is 11.3. The highest BCUT2D eigenvalue weighted by atomic mass is 35.5. The molecule has 10 heteroatoms. The number of pyridine rings is 1. The minimum absolute atomic E-state index is 0. The molecule has 0 saturated carbocycles. The SMILES string of the molecule is CN(C)c1ccc2nccc(Nc3ccc(C(=O)Nc4cccc(C/C=N/N=C(N)N)c4)cc3)c2c1.Cl. The number of halogens is 1. The molecule has 1 amide bonds. The minimum atomic E-state index is -0.196. The van der Waals surface area contributed by atoms with E-state index in [9.17, 15) is 4.79 Å².